The van der Waals surface area contributed by atoms with Crippen molar-refractivity contribution >= 4 is 0 Å². The fraction of sp³-hybridized carbons (Fsp3) is 0.583. The summed E-state index contributed by atoms with van der Waals surface area (Å²) < 4.78 is 0. The Hall–Kier alpha value is -0.890. The van der Waals surface area contributed by atoms with Crippen molar-refractivity contribution in [2.45, 2.75) is 26.2 Å². The molecule has 0 amide bonds. The fourth-order valence-corrected chi connectivity index (χ4v) is 2.14. The predicted molar refractivity (Wildman–Crippen MR) is 58.3 cm³/mol. The third kappa shape index (κ3) is 2.32. The van der Waals surface area contributed by atoms with Gasteiger partial charge in [0, 0.05) is 12.4 Å². The molecule has 2 heterocycles. The second-order valence-electron chi connectivity index (χ2n) is 4.22. The highest BCUT2D eigenvalue weighted by Gasteiger charge is 2.13. The zero-order valence-electron chi connectivity index (χ0n) is 8.79. The van der Waals surface area contributed by atoms with Crippen molar-refractivity contribution in [2.75, 3.05) is 13.1 Å². The van der Waals surface area contributed by atoms with E-state index in [0.717, 1.165) is 5.92 Å². The topological polar surface area (TPSA) is 24.9 Å². The standard InChI is InChI=1S/C12H18N2/c1-10-8-14-6-4-12(10)7-11-3-2-5-13-9-11/h4,6,8,11,13H,2-3,5,7,9H2,1H3. The van der Waals surface area contributed by atoms with Gasteiger partial charge in [0.05, 0.1) is 0 Å². The summed E-state index contributed by atoms with van der Waals surface area (Å²) in [5.74, 6) is 0.824. The normalized spacial score (nSPS) is 22.2. The molecule has 0 aliphatic carbocycles. The Morgan fingerprint density at radius 1 is 1.57 bits per heavy atom. The maximum Gasteiger partial charge on any atom is 0.0299 e. The van der Waals surface area contributed by atoms with Crippen LogP contribution in [0.2, 0.25) is 0 Å². The van der Waals surface area contributed by atoms with Crippen LogP contribution < -0.4 is 5.32 Å². The number of nitrogens with one attached hydrogen (secondary N) is 1. The van der Waals surface area contributed by atoms with E-state index < -0.39 is 0 Å². The van der Waals surface area contributed by atoms with Crippen molar-refractivity contribution in [1.82, 2.24) is 10.3 Å². The molecule has 1 unspecified atom stereocenters. The second-order valence-corrected chi connectivity index (χ2v) is 4.22. The lowest BCUT2D eigenvalue weighted by Gasteiger charge is -2.23. The number of pyridine rings is 1. The van der Waals surface area contributed by atoms with Crippen molar-refractivity contribution < 1.29 is 0 Å². The first-order valence-corrected chi connectivity index (χ1v) is 5.46. The van der Waals surface area contributed by atoms with Gasteiger partial charge in [-0.2, -0.15) is 0 Å². The Morgan fingerprint density at radius 3 is 3.21 bits per heavy atom. The number of rotatable bonds is 2. The lowest BCUT2D eigenvalue weighted by Crippen LogP contribution is -2.30. The predicted octanol–water partition coefficient (Wildman–Crippen LogP) is 1.93. The molecule has 1 N–H and O–H groups in total. The van der Waals surface area contributed by atoms with Gasteiger partial charge in [-0.25, -0.2) is 0 Å². The van der Waals surface area contributed by atoms with Gasteiger partial charge >= 0.3 is 0 Å². The van der Waals surface area contributed by atoms with E-state index in [0.29, 0.717) is 0 Å². The van der Waals surface area contributed by atoms with Gasteiger partial charge < -0.3 is 5.32 Å². The van der Waals surface area contributed by atoms with E-state index in [1.807, 2.05) is 12.4 Å². The Kier molecular flexibility index (Phi) is 3.14. The number of nitrogens with zero attached hydrogens (tertiary/aromatic N) is 1. The average Bonchev–Trinajstić information content (AvgIpc) is 2.23. The zero-order chi connectivity index (χ0) is 9.80. The van der Waals surface area contributed by atoms with Crippen LogP contribution in [-0.2, 0) is 6.42 Å². The third-order valence-electron chi connectivity index (χ3n) is 3.04. The highest BCUT2D eigenvalue weighted by molar-refractivity contribution is 5.22. The van der Waals surface area contributed by atoms with Crippen molar-refractivity contribution in [3.63, 3.8) is 0 Å². The fourth-order valence-electron chi connectivity index (χ4n) is 2.14. The minimum atomic E-state index is 0.824. The molecular formula is C12H18N2. The molecular weight excluding hydrogens is 172 g/mol. The van der Waals surface area contributed by atoms with Gasteiger partial charge in [-0.15, -0.1) is 0 Å². The van der Waals surface area contributed by atoms with E-state index in [1.165, 1.54) is 43.5 Å². The minimum Gasteiger partial charge on any atom is -0.316 e. The molecule has 1 aromatic heterocycles. The smallest absolute Gasteiger partial charge is 0.0299 e. The quantitative estimate of drug-likeness (QED) is 0.771. The van der Waals surface area contributed by atoms with E-state index in [1.54, 1.807) is 0 Å². The first kappa shape index (κ1) is 9.66. The van der Waals surface area contributed by atoms with E-state index in [4.69, 9.17) is 0 Å². The highest BCUT2D eigenvalue weighted by atomic mass is 14.9. The lowest BCUT2D eigenvalue weighted by atomic mass is 9.91. The molecule has 2 heteroatoms. The van der Waals surface area contributed by atoms with Gasteiger partial charge in [0.15, 0.2) is 0 Å². The van der Waals surface area contributed by atoms with Crippen molar-refractivity contribution in [3.05, 3.63) is 29.6 Å². The molecule has 0 radical (unpaired) electrons. The monoisotopic (exact) mass is 190 g/mol. The molecule has 1 aromatic rings. The summed E-state index contributed by atoms with van der Waals surface area (Å²) in [6, 6.07) is 2.16. The second kappa shape index (κ2) is 4.56. The molecule has 0 saturated carbocycles. The molecule has 2 rings (SSSR count). The van der Waals surface area contributed by atoms with Crippen LogP contribution in [0.1, 0.15) is 24.0 Å². The van der Waals surface area contributed by atoms with Crippen LogP contribution in [0.5, 0.6) is 0 Å². The summed E-state index contributed by atoms with van der Waals surface area (Å²) in [5, 5.41) is 3.46. The Balaban J connectivity index is 1.99. The summed E-state index contributed by atoms with van der Waals surface area (Å²) >= 11 is 0. The van der Waals surface area contributed by atoms with Crippen LogP contribution in [0.4, 0.5) is 0 Å². The number of hydrogen-bond donors (Lipinski definition) is 1. The highest BCUT2D eigenvalue weighted by Crippen LogP contribution is 2.17. The van der Waals surface area contributed by atoms with E-state index in [2.05, 4.69) is 23.3 Å². The van der Waals surface area contributed by atoms with Crippen molar-refractivity contribution in [1.29, 1.82) is 0 Å². The van der Waals surface area contributed by atoms with Gasteiger partial charge in [0.2, 0.25) is 0 Å². The summed E-state index contributed by atoms with van der Waals surface area (Å²) in [4.78, 5) is 4.12. The molecule has 14 heavy (non-hydrogen) atoms. The Labute approximate surface area is 85.7 Å². The summed E-state index contributed by atoms with van der Waals surface area (Å²) in [7, 11) is 0. The minimum absolute atomic E-state index is 0.824. The van der Waals surface area contributed by atoms with Gasteiger partial charge in [0.25, 0.3) is 0 Å². The molecule has 1 atom stereocenters. The molecule has 1 saturated heterocycles. The van der Waals surface area contributed by atoms with Crippen LogP contribution in [-0.4, -0.2) is 18.1 Å². The summed E-state index contributed by atoms with van der Waals surface area (Å²) in [5.41, 5.74) is 2.80. The third-order valence-corrected chi connectivity index (χ3v) is 3.04. The molecule has 0 bridgehead atoms. The van der Waals surface area contributed by atoms with Crippen LogP contribution in [0, 0.1) is 12.8 Å². The average molecular weight is 190 g/mol. The first-order chi connectivity index (χ1) is 6.86. The Morgan fingerprint density at radius 2 is 2.50 bits per heavy atom. The van der Waals surface area contributed by atoms with E-state index >= 15 is 0 Å². The molecule has 1 aliphatic heterocycles. The summed E-state index contributed by atoms with van der Waals surface area (Å²) in [6.45, 7) is 4.53. The molecule has 1 fully saturated rings. The van der Waals surface area contributed by atoms with E-state index in [-0.39, 0.29) is 0 Å². The van der Waals surface area contributed by atoms with Crippen molar-refractivity contribution in [2.24, 2.45) is 5.92 Å². The van der Waals surface area contributed by atoms with Gasteiger partial charge in [-0.1, -0.05) is 0 Å². The zero-order valence-corrected chi connectivity index (χ0v) is 8.79. The van der Waals surface area contributed by atoms with E-state index in [9.17, 15) is 0 Å². The molecule has 1 aliphatic rings. The summed E-state index contributed by atoms with van der Waals surface area (Å²) in [6.07, 6.45) is 7.77. The number of aromatic nitrogens is 1. The molecule has 2 nitrogen and oxygen atoms in total. The first-order valence-electron chi connectivity index (χ1n) is 5.46. The van der Waals surface area contributed by atoms with Gasteiger partial charge in [0.1, 0.15) is 0 Å². The lowest BCUT2D eigenvalue weighted by molar-refractivity contribution is 0.375. The Bertz CT molecular complexity index is 290. The van der Waals surface area contributed by atoms with Gasteiger partial charge in [-0.05, 0) is 62.4 Å². The largest absolute Gasteiger partial charge is 0.316 e. The number of hydrogen-bond acceptors (Lipinski definition) is 2. The maximum absolute atomic E-state index is 4.12. The van der Waals surface area contributed by atoms with Crippen LogP contribution in [0.3, 0.4) is 0 Å². The van der Waals surface area contributed by atoms with Crippen LogP contribution in [0.25, 0.3) is 0 Å². The van der Waals surface area contributed by atoms with Crippen LogP contribution >= 0.6 is 0 Å². The maximum atomic E-state index is 4.12. The van der Waals surface area contributed by atoms with Crippen molar-refractivity contribution in [3.8, 4) is 0 Å². The molecule has 0 spiro atoms. The van der Waals surface area contributed by atoms with Gasteiger partial charge in [-0.3, -0.25) is 4.98 Å². The molecule has 76 valence electrons. The SMILES string of the molecule is Cc1cnccc1CC1CCCNC1. The van der Waals surface area contributed by atoms with Crippen LogP contribution in [0.15, 0.2) is 18.5 Å². The number of piperidine rings is 1. The number of aryl methyl sites for hydroxylation is 1. The molecule has 0 aromatic carbocycles.